The second kappa shape index (κ2) is 16.0. The van der Waals surface area contributed by atoms with Crippen molar-refractivity contribution in [2.24, 2.45) is 0 Å². The van der Waals surface area contributed by atoms with Crippen LogP contribution in [-0.2, 0) is 18.3 Å². The molecule has 0 radical (unpaired) electrons. The summed E-state index contributed by atoms with van der Waals surface area (Å²) in [5.74, 6) is 0. The molecule has 1 unspecified atom stereocenters. The molecule has 0 aromatic rings. The van der Waals surface area contributed by atoms with Gasteiger partial charge in [0.05, 0.1) is 27.7 Å². The maximum absolute atomic E-state index is 11.6. The Kier molecular flexibility index (Phi) is 16.0. The molecule has 6 nitrogen and oxygen atoms in total. The Balaban J connectivity index is 3.33. The summed E-state index contributed by atoms with van der Waals surface area (Å²) in [6.45, 7) is 4.61. The van der Waals surface area contributed by atoms with Crippen LogP contribution in [-0.4, -0.2) is 58.6 Å². The molecular formula is C19H42NO5P. The third-order valence-electron chi connectivity index (χ3n) is 4.09. The number of rotatable bonds is 19. The maximum Gasteiger partial charge on any atom is 0.268 e. The predicted molar refractivity (Wildman–Crippen MR) is 105 cm³/mol. The summed E-state index contributed by atoms with van der Waals surface area (Å²) in [6.07, 6.45) is 11.8. The maximum atomic E-state index is 11.6. The highest BCUT2D eigenvalue weighted by Crippen LogP contribution is 2.38. The molecule has 0 heterocycles. The molecule has 0 aliphatic heterocycles. The van der Waals surface area contributed by atoms with Gasteiger partial charge in [0.25, 0.3) is 7.82 Å². The van der Waals surface area contributed by atoms with Crippen LogP contribution in [0.15, 0.2) is 0 Å². The van der Waals surface area contributed by atoms with Crippen molar-refractivity contribution in [3.05, 3.63) is 0 Å². The van der Waals surface area contributed by atoms with Crippen LogP contribution in [0, 0.1) is 0 Å². The van der Waals surface area contributed by atoms with E-state index in [9.17, 15) is 9.46 Å². The van der Waals surface area contributed by atoms with Gasteiger partial charge in [-0.25, -0.2) is 0 Å². The summed E-state index contributed by atoms with van der Waals surface area (Å²) in [4.78, 5) is 11.6. The highest BCUT2D eigenvalue weighted by Gasteiger charge is 2.12. The van der Waals surface area contributed by atoms with Gasteiger partial charge in [-0.15, -0.1) is 0 Å². The van der Waals surface area contributed by atoms with Gasteiger partial charge in [0.1, 0.15) is 13.2 Å². The van der Waals surface area contributed by atoms with Crippen LogP contribution in [0.2, 0.25) is 0 Å². The first-order valence-electron chi connectivity index (χ1n) is 10.2. The molecule has 7 heteroatoms. The van der Waals surface area contributed by atoms with E-state index in [-0.39, 0.29) is 13.2 Å². The van der Waals surface area contributed by atoms with Crippen LogP contribution in [0.4, 0.5) is 0 Å². The molecule has 0 amide bonds. The van der Waals surface area contributed by atoms with Crippen molar-refractivity contribution in [1.82, 2.24) is 0 Å². The molecular weight excluding hydrogens is 353 g/mol. The van der Waals surface area contributed by atoms with E-state index < -0.39 is 7.82 Å². The summed E-state index contributed by atoms with van der Waals surface area (Å²) >= 11 is 0. The molecule has 0 fully saturated rings. The van der Waals surface area contributed by atoms with Crippen molar-refractivity contribution in [3.63, 3.8) is 0 Å². The minimum Gasteiger partial charge on any atom is -0.756 e. The van der Waals surface area contributed by atoms with Gasteiger partial charge in [-0.05, 0) is 19.3 Å². The predicted octanol–water partition coefficient (Wildman–Crippen LogP) is 4.13. The molecule has 26 heavy (non-hydrogen) atoms. The van der Waals surface area contributed by atoms with Gasteiger partial charge in [0, 0.05) is 13.2 Å². The average molecular weight is 396 g/mol. The van der Waals surface area contributed by atoms with E-state index in [0.29, 0.717) is 24.1 Å². The highest BCUT2D eigenvalue weighted by molar-refractivity contribution is 7.45. The van der Waals surface area contributed by atoms with E-state index in [4.69, 9.17) is 13.8 Å². The van der Waals surface area contributed by atoms with Gasteiger partial charge in [0.2, 0.25) is 0 Å². The smallest absolute Gasteiger partial charge is 0.268 e. The monoisotopic (exact) mass is 395 g/mol. The largest absolute Gasteiger partial charge is 0.756 e. The van der Waals surface area contributed by atoms with Crippen molar-refractivity contribution in [2.45, 2.75) is 71.1 Å². The molecule has 0 N–H and O–H groups in total. The second-order valence-electron chi connectivity index (χ2n) is 7.92. The van der Waals surface area contributed by atoms with Crippen LogP contribution in [0.1, 0.15) is 71.1 Å². The van der Waals surface area contributed by atoms with Crippen LogP contribution in [0.25, 0.3) is 0 Å². The molecule has 0 spiro atoms. The first kappa shape index (κ1) is 26.0. The lowest BCUT2D eigenvalue weighted by molar-refractivity contribution is -0.870. The number of hydrogen-bond acceptors (Lipinski definition) is 5. The third-order valence-corrected chi connectivity index (χ3v) is 5.08. The molecule has 0 rings (SSSR count). The van der Waals surface area contributed by atoms with Gasteiger partial charge in [0.15, 0.2) is 0 Å². The van der Waals surface area contributed by atoms with E-state index >= 15 is 0 Å². The highest BCUT2D eigenvalue weighted by atomic mass is 31.2. The van der Waals surface area contributed by atoms with Crippen molar-refractivity contribution >= 4 is 7.82 Å². The summed E-state index contributed by atoms with van der Waals surface area (Å²) in [6, 6.07) is 0. The quantitative estimate of drug-likeness (QED) is 0.187. The molecule has 0 aromatic heterocycles. The fourth-order valence-corrected chi connectivity index (χ4v) is 3.12. The van der Waals surface area contributed by atoms with E-state index in [0.717, 1.165) is 19.4 Å². The van der Waals surface area contributed by atoms with E-state index in [1.807, 2.05) is 21.1 Å². The molecule has 0 aliphatic carbocycles. The lowest BCUT2D eigenvalue weighted by atomic mass is 10.1. The van der Waals surface area contributed by atoms with E-state index in [2.05, 4.69) is 6.92 Å². The number of phosphoric ester groups is 1. The lowest BCUT2D eigenvalue weighted by Gasteiger charge is -2.27. The summed E-state index contributed by atoms with van der Waals surface area (Å²) in [7, 11) is 1.78. The van der Waals surface area contributed by atoms with Gasteiger partial charge in [-0.1, -0.05) is 51.9 Å². The van der Waals surface area contributed by atoms with Gasteiger partial charge < -0.3 is 23.2 Å². The van der Waals surface area contributed by atoms with Crippen LogP contribution in [0.5, 0.6) is 0 Å². The average Bonchev–Trinajstić information content (AvgIpc) is 2.53. The standard InChI is InChI=1S/C19H42NO5P/c1-5-6-7-8-9-10-11-12-16-23-17-13-14-18-24-26(21,22)25-19-15-20(2,3)4/h5-19H2,1-4H3. The first-order chi connectivity index (χ1) is 12.3. The number of hydrogen-bond donors (Lipinski definition) is 0. The van der Waals surface area contributed by atoms with Gasteiger partial charge in [-0.3, -0.25) is 4.57 Å². The number of likely N-dealkylation sites (N-methyl/N-ethyl adjacent to an activating group) is 1. The van der Waals surface area contributed by atoms with Gasteiger partial charge in [-0.2, -0.15) is 0 Å². The molecule has 0 saturated carbocycles. The molecule has 158 valence electrons. The number of unbranched alkanes of at least 4 members (excludes halogenated alkanes) is 8. The minimum atomic E-state index is -4.16. The number of phosphoric acid groups is 1. The molecule has 0 saturated heterocycles. The summed E-state index contributed by atoms with van der Waals surface area (Å²) in [5.41, 5.74) is 0. The molecule has 1 atom stereocenters. The van der Waals surface area contributed by atoms with Crippen LogP contribution in [0.3, 0.4) is 0 Å². The molecule has 0 aliphatic rings. The number of ether oxygens (including phenoxy) is 1. The normalized spacial score (nSPS) is 14.5. The SMILES string of the molecule is CCCCCCCCCCOCCCCOP(=O)([O-])OCC[N+](C)(C)C. The van der Waals surface area contributed by atoms with Gasteiger partial charge >= 0.3 is 0 Å². The van der Waals surface area contributed by atoms with Crippen molar-refractivity contribution < 1.29 is 27.7 Å². The zero-order valence-corrected chi connectivity index (χ0v) is 18.4. The topological polar surface area (TPSA) is 67.8 Å². The lowest BCUT2D eigenvalue weighted by Crippen LogP contribution is -2.37. The second-order valence-corrected chi connectivity index (χ2v) is 9.33. The van der Waals surface area contributed by atoms with Crippen molar-refractivity contribution in [1.29, 1.82) is 0 Å². The Labute approximate surface area is 161 Å². The Morgan fingerprint density at radius 3 is 1.77 bits per heavy atom. The summed E-state index contributed by atoms with van der Waals surface area (Å²) in [5, 5.41) is 0. The van der Waals surface area contributed by atoms with Crippen molar-refractivity contribution in [3.8, 4) is 0 Å². The van der Waals surface area contributed by atoms with Crippen molar-refractivity contribution in [2.75, 3.05) is 54.1 Å². The fraction of sp³-hybridized carbons (Fsp3) is 1.00. The minimum absolute atomic E-state index is 0.145. The number of quaternary nitrogens is 1. The van der Waals surface area contributed by atoms with Crippen LogP contribution >= 0.6 is 7.82 Å². The Morgan fingerprint density at radius 1 is 0.731 bits per heavy atom. The molecule has 0 bridgehead atoms. The zero-order chi connectivity index (χ0) is 19.7. The summed E-state index contributed by atoms with van der Waals surface area (Å²) < 4.78 is 27.5. The Morgan fingerprint density at radius 2 is 1.19 bits per heavy atom. The van der Waals surface area contributed by atoms with E-state index in [1.54, 1.807) is 0 Å². The third kappa shape index (κ3) is 20.3. The molecule has 0 aromatic carbocycles. The van der Waals surface area contributed by atoms with E-state index in [1.165, 1.54) is 44.9 Å². The fourth-order valence-electron chi connectivity index (χ4n) is 2.39. The Hall–Kier alpha value is 0.0300. The zero-order valence-electron chi connectivity index (χ0n) is 17.5. The van der Waals surface area contributed by atoms with Crippen LogP contribution < -0.4 is 4.89 Å². The number of nitrogens with zero attached hydrogens (tertiary/aromatic N) is 1. The Bertz CT molecular complexity index is 360. The first-order valence-corrected chi connectivity index (χ1v) is 11.7.